The zero-order chi connectivity index (χ0) is 17.1. The van der Waals surface area contributed by atoms with Gasteiger partial charge in [0, 0.05) is 0 Å². The standard InChI is InChI=1S/C19H24O5/c1-10(20)5-14-18-15(21)7-12-6-13-11(8-19(12,14)18)3-2-4-16(13)24-9-17(22)23/h2-4,10,12,14-15,18,20-21H,5-9H2,1H3,(H,22,23)/t10-,12-,14?,15+,18-,19?/m0/s1. The molecule has 1 aromatic rings. The number of ether oxygens (including phenoxy) is 1. The third-order valence-corrected chi connectivity index (χ3v) is 6.46. The lowest BCUT2D eigenvalue weighted by atomic mass is 9.71. The summed E-state index contributed by atoms with van der Waals surface area (Å²) >= 11 is 0. The van der Waals surface area contributed by atoms with Gasteiger partial charge in [0.1, 0.15) is 5.75 Å². The van der Waals surface area contributed by atoms with E-state index in [1.165, 1.54) is 5.56 Å². The molecular formula is C19H24O5. The molecule has 24 heavy (non-hydrogen) atoms. The van der Waals surface area contributed by atoms with E-state index in [1.54, 1.807) is 0 Å². The monoisotopic (exact) mass is 332 g/mol. The van der Waals surface area contributed by atoms with Gasteiger partial charge in [-0.25, -0.2) is 4.79 Å². The number of aliphatic carboxylic acids is 1. The van der Waals surface area contributed by atoms with Crippen molar-refractivity contribution in [3.63, 3.8) is 0 Å². The van der Waals surface area contributed by atoms with Crippen LogP contribution < -0.4 is 4.74 Å². The van der Waals surface area contributed by atoms with Crippen molar-refractivity contribution < 1.29 is 24.9 Å². The lowest BCUT2D eigenvalue weighted by molar-refractivity contribution is -0.139. The lowest BCUT2D eigenvalue weighted by Crippen LogP contribution is -2.29. The van der Waals surface area contributed by atoms with Crippen LogP contribution in [0.1, 0.15) is 30.9 Å². The van der Waals surface area contributed by atoms with E-state index in [4.69, 9.17) is 9.84 Å². The Hall–Kier alpha value is -1.59. The number of hydrogen-bond donors (Lipinski definition) is 3. The molecule has 130 valence electrons. The summed E-state index contributed by atoms with van der Waals surface area (Å²) in [6.07, 6.45) is 2.66. The summed E-state index contributed by atoms with van der Waals surface area (Å²) in [5, 5.41) is 29.1. The molecule has 0 bridgehead atoms. The molecule has 2 saturated carbocycles. The summed E-state index contributed by atoms with van der Waals surface area (Å²) in [4.78, 5) is 10.8. The highest BCUT2D eigenvalue weighted by molar-refractivity contribution is 5.68. The molecule has 0 saturated heterocycles. The molecule has 6 atom stereocenters. The average Bonchev–Trinajstić information content (AvgIpc) is 3.00. The molecule has 3 aliphatic rings. The molecule has 3 N–H and O–H groups in total. The number of carboxylic acid groups (broad SMARTS) is 1. The van der Waals surface area contributed by atoms with Gasteiger partial charge in [-0.1, -0.05) is 12.1 Å². The van der Waals surface area contributed by atoms with Crippen LogP contribution in [0.15, 0.2) is 18.2 Å². The van der Waals surface area contributed by atoms with Gasteiger partial charge in [0.2, 0.25) is 0 Å². The Morgan fingerprint density at radius 1 is 1.46 bits per heavy atom. The van der Waals surface area contributed by atoms with Crippen LogP contribution in [0.5, 0.6) is 5.75 Å². The minimum atomic E-state index is -0.976. The number of aliphatic hydroxyl groups is 2. The first-order valence-electron chi connectivity index (χ1n) is 8.75. The van der Waals surface area contributed by atoms with Crippen molar-refractivity contribution in [3.8, 4) is 5.75 Å². The Kier molecular flexibility index (Phi) is 3.62. The average molecular weight is 332 g/mol. The first-order valence-corrected chi connectivity index (χ1v) is 8.75. The number of hydrogen-bond acceptors (Lipinski definition) is 4. The third kappa shape index (κ3) is 2.25. The second-order valence-electron chi connectivity index (χ2n) is 7.79. The van der Waals surface area contributed by atoms with E-state index in [1.807, 2.05) is 19.1 Å². The second-order valence-corrected chi connectivity index (χ2v) is 7.79. The SMILES string of the molecule is C[C@H](O)CC1[C@H]2[C@H](O)C[C@@H]3Cc4c(cccc4OCC(=O)O)CC132. The van der Waals surface area contributed by atoms with E-state index in [0.717, 1.165) is 31.2 Å². The number of carboxylic acids is 1. The maximum Gasteiger partial charge on any atom is 0.341 e. The quantitative estimate of drug-likeness (QED) is 0.763. The van der Waals surface area contributed by atoms with Crippen LogP contribution in [-0.4, -0.2) is 40.1 Å². The van der Waals surface area contributed by atoms with E-state index >= 15 is 0 Å². The molecule has 0 aromatic heterocycles. The summed E-state index contributed by atoms with van der Waals surface area (Å²) in [7, 11) is 0. The van der Waals surface area contributed by atoms with Crippen molar-refractivity contribution in [2.24, 2.45) is 23.2 Å². The molecule has 1 spiro atoms. The number of fused-ring (bicyclic) bond motifs is 1. The summed E-state index contributed by atoms with van der Waals surface area (Å²) < 4.78 is 5.48. The van der Waals surface area contributed by atoms with Gasteiger partial charge in [-0.05, 0) is 73.0 Å². The zero-order valence-corrected chi connectivity index (χ0v) is 13.8. The van der Waals surface area contributed by atoms with Crippen LogP contribution in [0, 0.1) is 23.2 Å². The lowest BCUT2D eigenvalue weighted by Gasteiger charge is -2.33. The fourth-order valence-corrected chi connectivity index (χ4v) is 5.69. The molecule has 3 aliphatic carbocycles. The van der Waals surface area contributed by atoms with Crippen LogP contribution in [-0.2, 0) is 17.6 Å². The van der Waals surface area contributed by atoms with Gasteiger partial charge in [0.25, 0.3) is 0 Å². The van der Waals surface area contributed by atoms with Gasteiger partial charge < -0.3 is 20.1 Å². The zero-order valence-electron chi connectivity index (χ0n) is 13.8. The first kappa shape index (κ1) is 15.9. The van der Waals surface area contributed by atoms with Crippen molar-refractivity contribution in [2.75, 3.05) is 6.61 Å². The molecule has 5 heteroatoms. The first-order chi connectivity index (χ1) is 11.4. The van der Waals surface area contributed by atoms with E-state index in [2.05, 4.69) is 6.07 Å². The van der Waals surface area contributed by atoms with E-state index < -0.39 is 5.97 Å². The van der Waals surface area contributed by atoms with E-state index in [-0.39, 0.29) is 24.2 Å². The number of benzene rings is 1. The third-order valence-electron chi connectivity index (χ3n) is 6.46. The highest BCUT2D eigenvalue weighted by Gasteiger charge is 2.74. The highest BCUT2D eigenvalue weighted by atomic mass is 16.5. The van der Waals surface area contributed by atoms with Crippen molar-refractivity contribution in [3.05, 3.63) is 29.3 Å². The van der Waals surface area contributed by atoms with Crippen LogP contribution in [0.2, 0.25) is 0 Å². The number of rotatable bonds is 5. The number of aliphatic hydroxyl groups excluding tert-OH is 2. The minimum absolute atomic E-state index is 0.120. The van der Waals surface area contributed by atoms with Gasteiger partial charge in [-0.3, -0.25) is 0 Å². The van der Waals surface area contributed by atoms with Crippen molar-refractivity contribution in [1.29, 1.82) is 0 Å². The van der Waals surface area contributed by atoms with Crippen LogP contribution in [0.4, 0.5) is 0 Å². The fraction of sp³-hybridized carbons (Fsp3) is 0.632. The Morgan fingerprint density at radius 2 is 2.25 bits per heavy atom. The normalized spacial score (nSPS) is 37.1. The van der Waals surface area contributed by atoms with Crippen LogP contribution >= 0.6 is 0 Å². The highest BCUT2D eigenvalue weighted by Crippen LogP contribution is 2.75. The molecule has 2 unspecified atom stereocenters. The predicted octanol–water partition coefficient (Wildman–Crippen LogP) is 1.63. The predicted molar refractivity (Wildman–Crippen MR) is 86.8 cm³/mol. The maximum atomic E-state index is 10.8. The van der Waals surface area contributed by atoms with Gasteiger partial charge in [-0.2, -0.15) is 0 Å². The molecule has 4 rings (SSSR count). The Labute approximate surface area is 141 Å². The maximum absolute atomic E-state index is 10.8. The molecule has 0 radical (unpaired) electrons. The van der Waals surface area contributed by atoms with E-state index in [0.29, 0.717) is 23.5 Å². The molecule has 0 aliphatic heterocycles. The molecular weight excluding hydrogens is 308 g/mol. The molecule has 2 fully saturated rings. The van der Waals surface area contributed by atoms with Crippen LogP contribution in [0.3, 0.4) is 0 Å². The van der Waals surface area contributed by atoms with Gasteiger partial charge in [0.15, 0.2) is 6.61 Å². The van der Waals surface area contributed by atoms with Crippen molar-refractivity contribution in [2.45, 2.75) is 44.8 Å². The summed E-state index contributed by atoms with van der Waals surface area (Å²) in [5.74, 6) is 0.769. The Morgan fingerprint density at radius 3 is 2.96 bits per heavy atom. The van der Waals surface area contributed by atoms with Crippen LogP contribution in [0.25, 0.3) is 0 Å². The van der Waals surface area contributed by atoms with Gasteiger partial charge in [-0.15, -0.1) is 0 Å². The topological polar surface area (TPSA) is 87.0 Å². The molecule has 5 nitrogen and oxygen atoms in total. The largest absolute Gasteiger partial charge is 0.482 e. The van der Waals surface area contributed by atoms with E-state index in [9.17, 15) is 15.0 Å². The fourth-order valence-electron chi connectivity index (χ4n) is 5.69. The van der Waals surface area contributed by atoms with Gasteiger partial charge >= 0.3 is 5.97 Å². The molecule has 0 amide bonds. The van der Waals surface area contributed by atoms with Gasteiger partial charge in [0.05, 0.1) is 12.2 Å². The molecule has 0 heterocycles. The van der Waals surface area contributed by atoms with Crippen molar-refractivity contribution in [1.82, 2.24) is 0 Å². The smallest absolute Gasteiger partial charge is 0.341 e. The summed E-state index contributed by atoms with van der Waals surface area (Å²) in [5.41, 5.74) is 2.43. The summed E-state index contributed by atoms with van der Waals surface area (Å²) in [6, 6.07) is 5.84. The number of carbonyl (C=O) groups is 1. The second kappa shape index (κ2) is 5.46. The summed E-state index contributed by atoms with van der Waals surface area (Å²) in [6.45, 7) is 1.49. The molecule has 1 aromatic carbocycles. The minimum Gasteiger partial charge on any atom is -0.482 e. The Bertz CT molecular complexity index is 670. The van der Waals surface area contributed by atoms with Crippen molar-refractivity contribution >= 4 is 5.97 Å². The Balaban J connectivity index is 1.62.